The van der Waals surface area contributed by atoms with Gasteiger partial charge in [0.15, 0.2) is 5.78 Å². The van der Waals surface area contributed by atoms with Crippen molar-refractivity contribution in [1.29, 1.82) is 0 Å². The standard InChI is InChI=1S/C10H6ClFOS/c1-5(13)10-9(11)8-6(12)3-2-4-7(8)14-10/h2-4H,1H3. The molecule has 0 spiro atoms. The van der Waals surface area contributed by atoms with Crippen molar-refractivity contribution in [3.8, 4) is 0 Å². The SMILES string of the molecule is CC(=O)c1sc2cccc(F)c2c1Cl. The van der Waals surface area contributed by atoms with E-state index in [1.54, 1.807) is 12.1 Å². The molecule has 0 fully saturated rings. The van der Waals surface area contributed by atoms with Crippen LogP contribution in [0.25, 0.3) is 10.1 Å². The number of benzene rings is 1. The highest BCUT2D eigenvalue weighted by molar-refractivity contribution is 7.21. The Bertz CT molecular complexity index is 518. The van der Waals surface area contributed by atoms with Gasteiger partial charge in [-0.2, -0.15) is 0 Å². The van der Waals surface area contributed by atoms with Crippen LogP contribution in [0.4, 0.5) is 4.39 Å². The maximum atomic E-state index is 13.3. The van der Waals surface area contributed by atoms with Crippen LogP contribution in [-0.4, -0.2) is 5.78 Å². The Labute approximate surface area is 89.1 Å². The summed E-state index contributed by atoms with van der Waals surface area (Å²) in [7, 11) is 0. The predicted molar refractivity (Wildman–Crippen MR) is 56.8 cm³/mol. The van der Waals surface area contributed by atoms with E-state index < -0.39 is 0 Å². The molecule has 0 amide bonds. The van der Waals surface area contributed by atoms with Crippen molar-refractivity contribution in [2.45, 2.75) is 6.92 Å². The Morgan fingerprint density at radius 2 is 2.21 bits per heavy atom. The van der Waals surface area contributed by atoms with E-state index in [2.05, 4.69) is 0 Å². The molecule has 1 aromatic carbocycles. The van der Waals surface area contributed by atoms with Crippen LogP contribution in [0.1, 0.15) is 16.6 Å². The average Bonchev–Trinajstić information content (AvgIpc) is 2.45. The summed E-state index contributed by atoms with van der Waals surface area (Å²) >= 11 is 7.13. The molecule has 0 bridgehead atoms. The molecule has 0 saturated heterocycles. The molecule has 0 unspecified atom stereocenters. The van der Waals surface area contributed by atoms with Gasteiger partial charge in [0.05, 0.1) is 9.90 Å². The Hall–Kier alpha value is -0.930. The van der Waals surface area contributed by atoms with Crippen LogP contribution in [0.2, 0.25) is 5.02 Å². The number of rotatable bonds is 1. The molecular formula is C10H6ClFOS. The molecule has 0 atom stereocenters. The minimum Gasteiger partial charge on any atom is -0.294 e. The van der Waals surface area contributed by atoms with Gasteiger partial charge in [-0.3, -0.25) is 4.79 Å². The Morgan fingerprint density at radius 1 is 1.50 bits per heavy atom. The van der Waals surface area contributed by atoms with E-state index in [1.165, 1.54) is 24.3 Å². The highest BCUT2D eigenvalue weighted by Gasteiger charge is 2.16. The summed E-state index contributed by atoms with van der Waals surface area (Å²) in [6, 6.07) is 4.70. The largest absolute Gasteiger partial charge is 0.294 e. The molecule has 0 N–H and O–H groups in total. The van der Waals surface area contributed by atoms with Crippen LogP contribution >= 0.6 is 22.9 Å². The maximum absolute atomic E-state index is 13.3. The van der Waals surface area contributed by atoms with Gasteiger partial charge >= 0.3 is 0 Å². The lowest BCUT2D eigenvalue weighted by molar-refractivity contribution is 0.102. The van der Waals surface area contributed by atoms with Gasteiger partial charge in [-0.15, -0.1) is 11.3 Å². The van der Waals surface area contributed by atoms with Crippen molar-refractivity contribution in [2.24, 2.45) is 0 Å². The summed E-state index contributed by atoms with van der Waals surface area (Å²) in [5.74, 6) is -0.508. The fourth-order valence-electron chi connectivity index (χ4n) is 1.30. The normalized spacial score (nSPS) is 10.8. The monoisotopic (exact) mass is 228 g/mol. The summed E-state index contributed by atoms with van der Waals surface area (Å²) in [6.07, 6.45) is 0. The third kappa shape index (κ3) is 1.33. The first kappa shape index (κ1) is 9.62. The smallest absolute Gasteiger partial charge is 0.171 e. The van der Waals surface area contributed by atoms with Gasteiger partial charge in [-0.25, -0.2) is 4.39 Å². The third-order valence-corrected chi connectivity index (χ3v) is 3.67. The van der Waals surface area contributed by atoms with Crippen molar-refractivity contribution in [1.82, 2.24) is 0 Å². The molecule has 0 radical (unpaired) electrons. The van der Waals surface area contributed by atoms with Crippen molar-refractivity contribution in [3.63, 3.8) is 0 Å². The molecule has 0 aliphatic rings. The van der Waals surface area contributed by atoms with Gasteiger partial charge in [0, 0.05) is 17.0 Å². The summed E-state index contributed by atoms with van der Waals surface area (Å²) in [5, 5.41) is 0.583. The minimum atomic E-state index is -0.378. The number of hydrogen-bond donors (Lipinski definition) is 0. The van der Waals surface area contributed by atoms with Crippen LogP contribution in [0, 0.1) is 5.82 Å². The molecule has 1 nitrogen and oxygen atoms in total. The van der Waals surface area contributed by atoms with Crippen molar-refractivity contribution in [2.75, 3.05) is 0 Å². The molecule has 0 aliphatic heterocycles. The van der Waals surface area contributed by atoms with Crippen LogP contribution in [0.3, 0.4) is 0 Å². The Kier molecular flexibility index (Phi) is 2.29. The number of thiophene rings is 1. The van der Waals surface area contributed by atoms with Gasteiger partial charge < -0.3 is 0 Å². The number of hydrogen-bond acceptors (Lipinski definition) is 2. The van der Waals surface area contributed by atoms with Crippen LogP contribution < -0.4 is 0 Å². The van der Waals surface area contributed by atoms with Gasteiger partial charge in [0.25, 0.3) is 0 Å². The fraction of sp³-hybridized carbons (Fsp3) is 0.100. The zero-order valence-corrected chi connectivity index (χ0v) is 8.88. The van der Waals surface area contributed by atoms with Crippen molar-refractivity contribution >= 4 is 38.8 Å². The van der Waals surface area contributed by atoms with E-state index in [1.807, 2.05) is 0 Å². The van der Waals surface area contributed by atoms with E-state index >= 15 is 0 Å². The highest BCUT2D eigenvalue weighted by Crippen LogP contribution is 2.36. The first-order chi connectivity index (χ1) is 6.61. The van der Waals surface area contributed by atoms with E-state index in [0.29, 0.717) is 15.0 Å². The summed E-state index contributed by atoms with van der Waals surface area (Å²) in [4.78, 5) is 11.6. The Balaban J connectivity index is 2.87. The van der Waals surface area contributed by atoms with Gasteiger partial charge in [-0.05, 0) is 12.1 Å². The molecule has 14 heavy (non-hydrogen) atoms. The number of fused-ring (bicyclic) bond motifs is 1. The van der Waals surface area contributed by atoms with E-state index in [0.717, 1.165) is 0 Å². The first-order valence-corrected chi connectivity index (χ1v) is 5.18. The summed E-state index contributed by atoms with van der Waals surface area (Å²) < 4.78 is 14.0. The molecule has 0 aliphatic carbocycles. The molecule has 1 aromatic heterocycles. The number of halogens is 2. The van der Waals surface area contributed by atoms with Gasteiger partial charge in [0.1, 0.15) is 5.82 Å². The zero-order chi connectivity index (χ0) is 10.3. The van der Waals surface area contributed by atoms with Gasteiger partial charge in [-0.1, -0.05) is 17.7 Å². The van der Waals surface area contributed by atoms with Crippen molar-refractivity contribution in [3.05, 3.63) is 33.9 Å². The fourth-order valence-corrected chi connectivity index (χ4v) is 2.80. The number of carbonyl (C=O) groups is 1. The summed E-state index contributed by atoms with van der Waals surface area (Å²) in [6.45, 7) is 1.43. The van der Waals surface area contributed by atoms with Crippen LogP contribution in [0.15, 0.2) is 18.2 Å². The molecule has 2 rings (SSSR count). The van der Waals surface area contributed by atoms with E-state index in [-0.39, 0.29) is 16.6 Å². The first-order valence-electron chi connectivity index (χ1n) is 3.98. The number of carbonyl (C=O) groups excluding carboxylic acids is 1. The van der Waals surface area contributed by atoms with E-state index in [4.69, 9.17) is 11.6 Å². The highest BCUT2D eigenvalue weighted by atomic mass is 35.5. The predicted octanol–water partition coefficient (Wildman–Crippen LogP) is 3.90. The second-order valence-corrected chi connectivity index (χ2v) is 4.34. The quantitative estimate of drug-likeness (QED) is 0.677. The molecule has 2 aromatic rings. The molecule has 72 valence electrons. The lowest BCUT2D eigenvalue weighted by Crippen LogP contribution is -1.86. The Morgan fingerprint density at radius 3 is 2.79 bits per heavy atom. The second-order valence-electron chi connectivity index (χ2n) is 2.91. The third-order valence-electron chi connectivity index (χ3n) is 1.93. The average molecular weight is 229 g/mol. The van der Waals surface area contributed by atoms with Crippen LogP contribution in [0.5, 0.6) is 0 Å². The zero-order valence-electron chi connectivity index (χ0n) is 7.30. The molecule has 0 saturated carbocycles. The second kappa shape index (κ2) is 3.33. The van der Waals surface area contributed by atoms with E-state index in [9.17, 15) is 9.18 Å². The number of ketones is 1. The topological polar surface area (TPSA) is 17.1 Å². The maximum Gasteiger partial charge on any atom is 0.171 e. The van der Waals surface area contributed by atoms with Crippen molar-refractivity contribution < 1.29 is 9.18 Å². The lowest BCUT2D eigenvalue weighted by Gasteiger charge is -1.92. The van der Waals surface area contributed by atoms with Gasteiger partial charge in [0.2, 0.25) is 0 Å². The molecular weight excluding hydrogens is 223 g/mol. The molecule has 4 heteroatoms. The minimum absolute atomic E-state index is 0.129. The molecule has 1 heterocycles. The lowest BCUT2D eigenvalue weighted by atomic mass is 10.2. The summed E-state index contributed by atoms with van der Waals surface area (Å²) in [5.41, 5.74) is 0. The van der Waals surface area contributed by atoms with Crippen LogP contribution in [-0.2, 0) is 0 Å². The number of Topliss-reactive ketones (excluding diaryl/α,β-unsaturated/α-hetero) is 1.